The molecular weight excluding hydrogens is 372 g/mol. The number of carbonyl (C=O) groups excluding carboxylic acids is 2. The first-order valence-corrected chi connectivity index (χ1v) is 13.5. The first-order chi connectivity index (χ1) is 12.8. The maximum atomic E-state index is 12.0. The molecule has 164 valence electrons. The second-order valence-electron chi connectivity index (χ2n) is 10.2. The summed E-state index contributed by atoms with van der Waals surface area (Å²) in [6, 6.07) is 0. The molecule has 6 heteroatoms. The molecule has 1 rings (SSSR count). The Hall–Kier alpha value is -0.723. The van der Waals surface area contributed by atoms with Gasteiger partial charge in [0.1, 0.15) is 6.29 Å². The molecule has 0 radical (unpaired) electrons. The predicted octanol–water partition coefficient (Wildman–Crippen LogP) is 4.84. The van der Waals surface area contributed by atoms with E-state index in [4.69, 9.17) is 13.9 Å². The smallest absolute Gasteiger partial charge is 0.311 e. The van der Waals surface area contributed by atoms with Gasteiger partial charge >= 0.3 is 5.97 Å². The van der Waals surface area contributed by atoms with Crippen molar-refractivity contribution >= 4 is 20.6 Å². The van der Waals surface area contributed by atoms with E-state index in [1.54, 1.807) is 0 Å². The minimum atomic E-state index is -2.05. The lowest BCUT2D eigenvalue weighted by molar-refractivity contribution is -0.167. The van der Waals surface area contributed by atoms with Crippen LogP contribution in [0.4, 0.5) is 0 Å². The standard InChI is InChI=1S/C22H42O5Si/c1-14-11-12-18(16(3)21(24)25-8)26-19(14)17(4)20(15(2)13-23)27-28(9,10)22(5,6)7/h13-20H,11-12H2,1-10H3/t14-,15-,16-,17+,18-,19-,20-/m0/s1. The summed E-state index contributed by atoms with van der Waals surface area (Å²) in [5.74, 6) is -0.340. The van der Waals surface area contributed by atoms with Gasteiger partial charge in [0.15, 0.2) is 8.32 Å². The van der Waals surface area contributed by atoms with E-state index in [9.17, 15) is 9.59 Å². The van der Waals surface area contributed by atoms with Crippen molar-refractivity contribution in [2.75, 3.05) is 7.11 Å². The quantitative estimate of drug-likeness (QED) is 0.323. The molecule has 28 heavy (non-hydrogen) atoms. The minimum Gasteiger partial charge on any atom is -0.469 e. The number of hydrogen-bond acceptors (Lipinski definition) is 5. The highest BCUT2D eigenvalue weighted by molar-refractivity contribution is 6.74. The van der Waals surface area contributed by atoms with Crippen LogP contribution in [0.3, 0.4) is 0 Å². The molecule has 0 aromatic heterocycles. The van der Waals surface area contributed by atoms with Crippen LogP contribution in [0, 0.1) is 23.7 Å². The molecule has 0 unspecified atom stereocenters. The molecule has 0 aliphatic carbocycles. The minimum absolute atomic E-state index is 0.0528. The van der Waals surface area contributed by atoms with Crippen molar-refractivity contribution in [1.29, 1.82) is 0 Å². The van der Waals surface area contributed by atoms with Crippen molar-refractivity contribution in [1.82, 2.24) is 0 Å². The van der Waals surface area contributed by atoms with Crippen molar-refractivity contribution < 1.29 is 23.5 Å². The second-order valence-corrected chi connectivity index (χ2v) is 15.0. The average molecular weight is 415 g/mol. The van der Waals surface area contributed by atoms with Crippen molar-refractivity contribution in [3.63, 3.8) is 0 Å². The Morgan fingerprint density at radius 3 is 2.21 bits per heavy atom. The van der Waals surface area contributed by atoms with Crippen molar-refractivity contribution in [3.8, 4) is 0 Å². The molecule has 1 aliphatic heterocycles. The van der Waals surface area contributed by atoms with Gasteiger partial charge in [-0.1, -0.05) is 41.5 Å². The molecule has 0 aromatic carbocycles. The normalized spacial score (nSPS) is 28.1. The van der Waals surface area contributed by atoms with Gasteiger partial charge < -0.3 is 18.7 Å². The zero-order valence-electron chi connectivity index (χ0n) is 19.6. The molecule has 1 heterocycles. The second kappa shape index (κ2) is 9.85. The Morgan fingerprint density at radius 1 is 1.18 bits per heavy atom. The van der Waals surface area contributed by atoms with E-state index >= 15 is 0 Å². The predicted molar refractivity (Wildman–Crippen MR) is 115 cm³/mol. The number of ether oxygens (including phenoxy) is 2. The molecule has 1 fully saturated rings. The zero-order valence-corrected chi connectivity index (χ0v) is 20.6. The van der Waals surface area contributed by atoms with E-state index in [0.717, 1.165) is 19.1 Å². The summed E-state index contributed by atoms with van der Waals surface area (Å²) < 4.78 is 18.1. The summed E-state index contributed by atoms with van der Waals surface area (Å²) in [6.07, 6.45) is 2.43. The first-order valence-electron chi connectivity index (χ1n) is 10.6. The number of carbonyl (C=O) groups is 2. The largest absolute Gasteiger partial charge is 0.469 e. The molecule has 0 spiro atoms. The van der Waals surface area contributed by atoms with E-state index in [2.05, 4.69) is 47.7 Å². The molecule has 1 aliphatic rings. The molecule has 1 saturated heterocycles. The van der Waals surface area contributed by atoms with Crippen LogP contribution in [-0.2, 0) is 23.5 Å². The molecule has 7 atom stereocenters. The Labute approximate surface area is 173 Å². The van der Waals surface area contributed by atoms with Crippen LogP contribution in [0.1, 0.15) is 61.3 Å². The highest BCUT2D eigenvalue weighted by Crippen LogP contribution is 2.41. The fourth-order valence-electron chi connectivity index (χ4n) is 3.82. The summed E-state index contributed by atoms with van der Waals surface area (Å²) in [6.45, 7) is 19.2. The molecule has 0 amide bonds. The van der Waals surface area contributed by atoms with Crippen molar-refractivity contribution in [2.24, 2.45) is 23.7 Å². The molecule has 0 saturated carbocycles. The maximum Gasteiger partial charge on any atom is 0.311 e. The number of rotatable bonds is 8. The van der Waals surface area contributed by atoms with Gasteiger partial charge in [0.2, 0.25) is 0 Å². The lowest BCUT2D eigenvalue weighted by atomic mass is 9.79. The van der Waals surface area contributed by atoms with Gasteiger partial charge in [-0.2, -0.15) is 0 Å². The summed E-state index contributed by atoms with van der Waals surface area (Å²) in [5, 5.41) is 0.0640. The van der Waals surface area contributed by atoms with E-state index < -0.39 is 8.32 Å². The fourth-order valence-corrected chi connectivity index (χ4v) is 5.28. The summed E-state index contributed by atoms with van der Waals surface area (Å²) in [5.41, 5.74) is 0. The zero-order chi connectivity index (χ0) is 21.9. The Bertz CT molecular complexity index is 528. The van der Waals surface area contributed by atoms with Gasteiger partial charge in [-0.3, -0.25) is 4.79 Å². The van der Waals surface area contributed by atoms with Crippen LogP contribution in [0.15, 0.2) is 0 Å². The van der Waals surface area contributed by atoms with Crippen LogP contribution >= 0.6 is 0 Å². The number of hydrogen-bond donors (Lipinski definition) is 0. The summed E-state index contributed by atoms with van der Waals surface area (Å²) in [4.78, 5) is 23.7. The van der Waals surface area contributed by atoms with Gasteiger partial charge in [0, 0.05) is 11.8 Å². The van der Waals surface area contributed by atoms with Gasteiger partial charge in [0.25, 0.3) is 0 Å². The average Bonchev–Trinajstić information content (AvgIpc) is 2.63. The van der Waals surface area contributed by atoms with Gasteiger partial charge in [-0.25, -0.2) is 0 Å². The first kappa shape index (κ1) is 25.3. The Kier molecular flexibility index (Phi) is 8.91. The van der Waals surface area contributed by atoms with E-state index in [0.29, 0.717) is 5.92 Å². The third-order valence-corrected chi connectivity index (χ3v) is 11.4. The Balaban J connectivity index is 3.07. The maximum absolute atomic E-state index is 12.0. The summed E-state index contributed by atoms with van der Waals surface area (Å²) >= 11 is 0. The van der Waals surface area contributed by atoms with Gasteiger partial charge in [0.05, 0.1) is 31.3 Å². The van der Waals surface area contributed by atoms with Crippen molar-refractivity contribution in [2.45, 2.75) is 97.8 Å². The van der Waals surface area contributed by atoms with Crippen molar-refractivity contribution in [3.05, 3.63) is 0 Å². The summed E-state index contributed by atoms with van der Waals surface area (Å²) in [7, 11) is -0.631. The molecular formula is C22H42O5Si. The SMILES string of the molecule is COC(=O)[C@@H](C)[C@@H]1CC[C@H](C)[C@@H]([C@@H](C)[C@@H](O[Si](C)(C)C(C)(C)C)[C@@H](C)C=O)O1. The number of esters is 1. The third-order valence-electron chi connectivity index (χ3n) is 6.94. The van der Waals surface area contributed by atoms with Crippen LogP contribution < -0.4 is 0 Å². The van der Waals surface area contributed by atoms with Crippen LogP contribution in [0.25, 0.3) is 0 Å². The molecule has 5 nitrogen and oxygen atoms in total. The molecule has 0 N–H and O–H groups in total. The highest BCUT2D eigenvalue weighted by atomic mass is 28.4. The lowest BCUT2D eigenvalue weighted by Gasteiger charge is -2.46. The number of aldehydes is 1. The van der Waals surface area contributed by atoms with Crippen LogP contribution in [0.5, 0.6) is 0 Å². The van der Waals surface area contributed by atoms with Crippen LogP contribution in [-0.4, -0.2) is 46.0 Å². The third kappa shape index (κ3) is 5.89. The lowest BCUT2D eigenvalue weighted by Crippen LogP contribution is -2.52. The number of methoxy groups -OCH3 is 1. The molecule has 0 bridgehead atoms. The Morgan fingerprint density at radius 2 is 1.75 bits per heavy atom. The van der Waals surface area contributed by atoms with E-state index in [1.165, 1.54) is 7.11 Å². The fraction of sp³-hybridized carbons (Fsp3) is 0.909. The topological polar surface area (TPSA) is 61.8 Å². The molecule has 0 aromatic rings. The van der Waals surface area contributed by atoms with E-state index in [1.807, 2.05) is 13.8 Å². The van der Waals surface area contributed by atoms with Gasteiger partial charge in [-0.05, 0) is 43.8 Å². The van der Waals surface area contributed by atoms with Gasteiger partial charge in [-0.15, -0.1) is 0 Å². The van der Waals surface area contributed by atoms with E-state index in [-0.39, 0.29) is 47.1 Å². The van der Waals surface area contributed by atoms with Crippen LogP contribution in [0.2, 0.25) is 18.1 Å². The monoisotopic (exact) mass is 414 g/mol. The highest BCUT2D eigenvalue weighted by Gasteiger charge is 2.45.